The maximum absolute atomic E-state index is 12.3. The number of benzene rings is 4. The maximum Gasteiger partial charge on any atom is 0.144 e. The van der Waals surface area contributed by atoms with E-state index >= 15 is 0 Å². The molecule has 0 saturated heterocycles. The van der Waals surface area contributed by atoms with Gasteiger partial charge in [-0.05, 0) is 64.5 Å². The van der Waals surface area contributed by atoms with Crippen LogP contribution in [0.25, 0.3) is 55.9 Å². The second kappa shape index (κ2) is 12.8. The molecule has 7 rings (SSSR count). The Balaban J connectivity index is 0.00000481. The summed E-state index contributed by atoms with van der Waals surface area (Å²) in [5, 5.41) is 12.3. The Kier molecular flexibility index (Phi) is 9.35. The fourth-order valence-electron chi connectivity index (χ4n) is 8.01. The molecule has 1 aliphatic heterocycles. The summed E-state index contributed by atoms with van der Waals surface area (Å²) in [4.78, 5) is 10.4. The molecule has 3 heterocycles. The summed E-state index contributed by atoms with van der Waals surface area (Å²) in [7, 11) is 0. The van der Waals surface area contributed by atoms with Crippen LogP contribution in [0.4, 0.5) is 0 Å². The van der Waals surface area contributed by atoms with Gasteiger partial charge in [0, 0.05) is 43.9 Å². The monoisotopic (exact) mass is 883 g/mol. The summed E-state index contributed by atoms with van der Waals surface area (Å²) in [5.74, 6) is 1.16. The predicted molar refractivity (Wildman–Crippen MR) is 218 cm³/mol. The van der Waals surface area contributed by atoms with Gasteiger partial charge in [0.15, 0.2) is 0 Å². The summed E-state index contributed by atoms with van der Waals surface area (Å²) in [6.07, 6.45) is 1.89. The number of imidazole rings is 1. The molecule has 0 saturated carbocycles. The Morgan fingerprint density at radius 2 is 1.32 bits per heavy atom. The van der Waals surface area contributed by atoms with Crippen molar-refractivity contribution in [1.29, 1.82) is 0 Å². The second-order valence-corrected chi connectivity index (χ2v) is 18.9. The number of hydrogen-bond acceptors (Lipinski definition) is 3. The molecule has 1 aliphatic rings. The van der Waals surface area contributed by atoms with Crippen molar-refractivity contribution in [2.24, 2.45) is 0 Å². The van der Waals surface area contributed by atoms with Crippen LogP contribution in [0.5, 0.6) is 5.75 Å². The van der Waals surface area contributed by atoms with Crippen LogP contribution >= 0.6 is 0 Å². The van der Waals surface area contributed by atoms with E-state index in [1.807, 2.05) is 12.3 Å². The van der Waals surface area contributed by atoms with E-state index in [9.17, 15) is 5.11 Å². The number of rotatable bonds is 3. The number of para-hydroxylation sites is 1. The first-order valence-electron chi connectivity index (χ1n) is 18.7. The first kappa shape index (κ1) is 38.7. The Morgan fingerprint density at radius 1 is 0.679 bits per heavy atom. The molecule has 278 valence electrons. The van der Waals surface area contributed by atoms with Crippen LogP contribution < -0.4 is 0 Å². The smallest absolute Gasteiger partial charge is 0.144 e. The molecule has 0 unspecified atom stereocenters. The van der Waals surface area contributed by atoms with Crippen molar-refractivity contribution in [3.8, 4) is 50.6 Å². The summed E-state index contributed by atoms with van der Waals surface area (Å²) < 4.78 is 2.40. The predicted octanol–water partition coefficient (Wildman–Crippen LogP) is 12.5. The molecule has 4 aromatic carbocycles. The molecule has 0 spiro atoms. The number of aromatic nitrogens is 3. The van der Waals surface area contributed by atoms with Crippen molar-refractivity contribution in [2.75, 3.05) is 0 Å². The third kappa shape index (κ3) is 6.29. The number of phenols is 1. The van der Waals surface area contributed by atoms with Crippen LogP contribution in [-0.4, -0.2) is 19.6 Å². The van der Waals surface area contributed by atoms with Gasteiger partial charge in [-0.1, -0.05) is 142 Å². The van der Waals surface area contributed by atoms with E-state index in [-0.39, 0.29) is 48.3 Å². The number of nitrogens with zero attached hydrogens (tertiary/aromatic N) is 3. The van der Waals surface area contributed by atoms with Crippen LogP contribution in [0.2, 0.25) is 0 Å². The Labute approximate surface area is 331 Å². The number of aromatic hydroxyl groups is 1. The van der Waals surface area contributed by atoms with E-state index < -0.39 is 0 Å². The molecule has 0 fully saturated rings. The van der Waals surface area contributed by atoms with Crippen molar-refractivity contribution >= 4 is 11.0 Å². The molecule has 0 atom stereocenters. The van der Waals surface area contributed by atoms with Crippen molar-refractivity contribution in [1.82, 2.24) is 14.5 Å². The quantitative estimate of drug-likeness (QED) is 0.180. The molecular weight excluding hydrogens is 830 g/mol. The zero-order valence-corrected chi connectivity index (χ0v) is 36.0. The van der Waals surface area contributed by atoms with Gasteiger partial charge < -0.3 is 9.67 Å². The minimum Gasteiger partial charge on any atom is -0.507 e. The van der Waals surface area contributed by atoms with Gasteiger partial charge in [0.2, 0.25) is 0 Å². The van der Waals surface area contributed by atoms with Gasteiger partial charge in [-0.15, -0.1) is 29.3 Å². The zero-order valence-electron chi connectivity index (χ0n) is 33.7. The standard InChI is InChI=1S/C48H54N3O.Pt/c1-44(2,3)33-25-31(24-32(26-33)37-27-30(22-23-49-37)29-18-15-14-16-19-29)34-20-17-21-38-41(34)50-43-39-40(47(10,11)48(12,13)51(38)43)35(45(4,5)6)28-36(42(39)52)46(7,8)9;/h14-23,25-28,52H,1-13H3;/q-1;. The van der Waals surface area contributed by atoms with E-state index in [1.165, 1.54) is 16.7 Å². The van der Waals surface area contributed by atoms with E-state index in [0.29, 0.717) is 5.75 Å². The van der Waals surface area contributed by atoms with E-state index in [0.717, 1.165) is 61.5 Å². The minimum absolute atomic E-state index is 0. The van der Waals surface area contributed by atoms with Gasteiger partial charge in [-0.25, -0.2) is 4.98 Å². The van der Waals surface area contributed by atoms with Gasteiger partial charge in [0.1, 0.15) is 11.6 Å². The fourth-order valence-corrected chi connectivity index (χ4v) is 8.01. The Bertz CT molecular complexity index is 2360. The number of phenolic OH excluding ortho intramolecular Hbond substituents is 1. The van der Waals surface area contributed by atoms with Crippen LogP contribution in [0.3, 0.4) is 0 Å². The molecule has 53 heavy (non-hydrogen) atoms. The van der Waals surface area contributed by atoms with E-state index in [1.54, 1.807) is 0 Å². The molecule has 0 aliphatic carbocycles. The molecule has 6 aromatic rings. The Morgan fingerprint density at radius 3 is 1.94 bits per heavy atom. The average Bonchev–Trinajstić information content (AvgIpc) is 3.47. The van der Waals surface area contributed by atoms with Gasteiger partial charge in [0.05, 0.1) is 22.1 Å². The van der Waals surface area contributed by atoms with Crippen molar-refractivity contribution in [2.45, 2.75) is 117 Å². The van der Waals surface area contributed by atoms with E-state index in [2.05, 4.69) is 173 Å². The first-order chi connectivity index (χ1) is 24.1. The second-order valence-electron chi connectivity index (χ2n) is 18.9. The molecule has 0 bridgehead atoms. The summed E-state index contributed by atoms with van der Waals surface area (Å²) in [6, 6.07) is 31.8. The number of fused-ring (bicyclic) bond motifs is 5. The number of hydrogen-bond donors (Lipinski definition) is 1. The average molecular weight is 884 g/mol. The summed E-state index contributed by atoms with van der Waals surface area (Å²) >= 11 is 0. The van der Waals surface area contributed by atoms with Gasteiger partial charge in [0.25, 0.3) is 0 Å². The summed E-state index contributed by atoms with van der Waals surface area (Å²) in [5.41, 5.74) is 12.3. The van der Waals surface area contributed by atoms with Crippen LogP contribution in [-0.2, 0) is 48.3 Å². The Hall–Kier alpha value is -4.01. The fraction of sp³-hybridized carbons (Fsp3) is 0.375. The van der Waals surface area contributed by atoms with Crippen molar-refractivity contribution in [3.05, 3.63) is 113 Å². The zero-order chi connectivity index (χ0) is 37.8. The minimum atomic E-state index is -0.373. The van der Waals surface area contributed by atoms with Gasteiger partial charge in [-0.3, -0.25) is 4.98 Å². The maximum atomic E-state index is 12.3. The molecule has 1 N–H and O–H groups in total. The molecule has 0 amide bonds. The van der Waals surface area contributed by atoms with Crippen molar-refractivity contribution < 1.29 is 26.2 Å². The molecular formula is C48H54N3OPt-. The van der Waals surface area contributed by atoms with Crippen LogP contribution in [0, 0.1) is 6.07 Å². The van der Waals surface area contributed by atoms with Crippen LogP contribution in [0.1, 0.15) is 112 Å². The van der Waals surface area contributed by atoms with E-state index in [4.69, 9.17) is 9.97 Å². The van der Waals surface area contributed by atoms with Crippen molar-refractivity contribution in [3.63, 3.8) is 0 Å². The normalized spacial score (nSPS) is 15.1. The third-order valence-corrected chi connectivity index (χ3v) is 11.7. The summed E-state index contributed by atoms with van der Waals surface area (Å²) in [6.45, 7) is 29.5. The topological polar surface area (TPSA) is 50.9 Å². The van der Waals surface area contributed by atoms with Crippen LogP contribution in [0.15, 0.2) is 85.1 Å². The van der Waals surface area contributed by atoms with Gasteiger partial charge >= 0.3 is 0 Å². The molecule has 2 aromatic heterocycles. The molecule has 0 radical (unpaired) electrons. The molecule has 5 heteroatoms. The molecule has 4 nitrogen and oxygen atoms in total. The number of pyridine rings is 1. The van der Waals surface area contributed by atoms with Gasteiger partial charge in [-0.2, -0.15) is 0 Å². The largest absolute Gasteiger partial charge is 0.507 e. The third-order valence-electron chi connectivity index (χ3n) is 11.7. The SMILES string of the molecule is CC(C)(C)c1cc(-c2cc(-c3ccccc3)ccn2)[c-]c(-c2cccc3c2nc2n3C(C)(C)C(C)(C)c3c(C(C)(C)C)cc(C(C)(C)C)c(O)c3-2)c1.[Pt]. The first-order valence-corrected chi connectivity index (χ1v) is 18.7.